The maximum atomic E-state index is 10.4. The van der Waals surface area contributed by atoms with Gasteiger partial charge in [-0.1, -0.05) is 19.3 Å². The van der Waals surface area contributed by atoms with Crippen LogP contribution in [0.2, 0.25) is 0 Å². The Labute approximate surface area is 156 Å². The molecule has 144 valence electrons. The molecule has 26 heavy (non-hydrogen) atoms. The average Bonchev–Trinajstić information content (AvgIpc) is 2.72. The minimum absolute atomic E-state index is 0.297. The van der Waals surface area contributed by atoms with E-state index in [9.17, 15) is 5.11 Å². The summed E-state index contributed by atoms with van der Waals surface area (Å²) < 4.78 is 0. The molecule has 0 spiro atoms. The topological polar surface area (TPSA) is 85.7 Å². The lowest BCUT2D eigenvalue weighted by atomic mass is 9.85. The van der Waals surface area contributed by atoms with Crippen molar-refractivity contribution in [2.24, 2.45) is 10.9 Å². The minimum Gasteiger partial charge on any atom is -0.391 e. The zero-order valence-corrected chi connectivity index (χ0v) is 15.8. The van der Waals surface area contributed by atoms with Crippen molar-refractivity contribution >= 4 is 11.9 Å². The fraction of sp³-hybridized carbons (Fsp3) is 0.737. The maximum absolute atomic E-state index is 10.4. The first-order chi connectivity index (χ1) is 12.8. The Morgan fingerprint density at radius 1 is 1.23 bits per heavy atom. The molecule has 1 saturated heterocycles. The van der Waals surface area contributed by atoms with E-state index in [1.54, 1.807) is 19.4 Å². The normalized spacial score (nSPS) is 23.5. The van der Waals surface area contributed by atoms with Crippen LogP contribution in [-0.4, -0.2) is 59.9 Å². The smallest absolute Gasteiger partial charge is 0.225 e. The molecule has 3 N–H and O–H groups in total. The number of rotatable bonds is 5. The first-order valence-corrected chi connectivity index (χ1v) is 9.93. The number of nitrogens with zero attached hydrogens (tertiary/aromatic N) is 4. The number of aromatic nitrogens is 2. The summed E-state index contributed by atoms with van der Waals surface area (Å²) in [4.78, 5) is 15.3. The van der Waals surface area contributed by atoms with Gasteiger partial charge in [0.05, 0.1) is 6.10 Å². The molecule has 0 amide bonds. The predicted octanol–water partition coefficient (Wildman–Crippen LogP) is 1.55. The third-order valence-corrected chi connectivity index (χ3v) is 5.49. The summed E-state index contributed by atoms with van der Waals surface area (Å²) in [6.45, 7) is 2.40. The van der Waals surface area contributed by atoms with Gasteiger partial charge in [-0.2, -0.15) is 0 Å². The Morgan fingerprint density at radius 3 is 2.73 bits per heavy atom. The lowest BCUT2D eigenvalue weighted by Crippen LogP contribution is -2.52. The molecule has 7 heteroatoms. The van der Waals surface area contributed by atoms with Crippen LogP contribution in [0.15, 0.2) is 23.5 Å². The van der Waals surface area contributed by atoms with Gasteiger partial charge in [-0.05, 0) is 37.7 Å². The summed E-state index contributed by atoms with van der Waals surface area (Å²) in [5.74, 6) is 1.98. The molecule has 1 saturated carbocycles. The monoisotopic (exact) mass is 360 g/mol. The largest absolute Gasteiger partial charge is 0.391 e. The molecular weight excluding hydrogens is 328 g/mol. The number of aliphatic imine (C=N–C) groups is 1. The van der Waals surface area contributed by atoms with Crippen molar-refractivity contribution in [3.8, 4) is 0 Å². The number of piperidine rings is 1. The van der Waals surface area contributed by atoms with Crippen molar-refractivity contribution in [2.75, 3.05) is 31.6 Å². The molecule has 2 aliphatic rings. The fourth-order valence-electron chi connectivity index (χ4n) is 4.01. The van der Waals surface area contributed by atoms with Gasteiger partial charge in [0.1, 0.15) is 0 Å². The van der Waals surface area contributed by atoms with Gasteiger partial charge in [-0.25, -0.2) is 9.97 Å². The molecule has 2 heterocycles. The molecule has 1 aromatic heterocycles. The van der Waals surface area contributed by atoms with Crippen LogP contribution in [0.25, 0.3) is 0 Å². The molecule has 0 radical (unpaired) electrons. The van der Waals surface area contributed by atoms with E-state index in [2.05, 4.69) is 30.5 Å². The molecule has 2 atom stereocenters. The number of anilines is 1. The van der Waals surface area contributed by atoms with Gasteiger partial charge in [-0.15, -0.1) is 0 Å². The van der Waals surface area contributed by atoms with Crippen LogP contribution in [0.4, 0.5) is 5.95 Å². The average molecular weight is 361 g/mol. The highest BCUT2D eigenvalue weighted by Crippen LogP contribution is 2.26. The van der Waals surface area contributed by atoms with E-state index < -0.39 is 0 Å². The van der Waals surface area contributed by atoms with Gasteiger partial charge >= 0.3 is 0 Å². The quantitative estimate of drug-likeness (QED) is 0.546. The predicted molar refractivity (Wildman–Crippen MR) is 104 cm³/mol. The van der Waals surface area contributed by atoms with E-state index in [0.717, 1.165) is 50.7 Å². The second kappa shape index (κ2) is 9.71. The summed E-state index contributed by atoms with van der Waals surface area (Å²) in [5.41, 5.74) is 0. The molecule has 0 bridgehead atoms. The van der Waals surface area contributed by atoms with Crippen LogP contribution in [0.1, 0.15) is 44.9 Å². The molecule has 1 aliphatic heterocycles. The highest BCUT2D eigenvalue weighted by molar-refractivity contribution is 5.80. The van der Waals surface area contributed by atoms with Crippen molar-refractivity contribution in [1.29, 1.82) is 0 Å². The number of aliphatic hydroxyl groups is 1. The minimum atomic E-state index is -0.297. The molecule has 2 fully saturated rings. The van der Waals surface area contributed by atoms with E-state index in [4.69, 9.17) is 0 Å². The van der Waals surface area contributed by atoms with Crippen molar-refractivity contribution in [2.45, 2.75) is 57.1 Å². The van der Waals surface area contributed by atoms with Gasteiger partial charge in [0.2, 0.25) is 5.95 Å². The van der Waals surface area contributed by atoms with Gasteiger partial charge < -0.3 is 20.6 Å². The third kappa shape index (κ3) is 5.30. The molecular formula is C19H32N6O. The summed E-state index contributed by atoms with van der Waals surface area (Å²) in [7, 11) is 1.78. The van der Waals surface area contributed by atoms with Gasteiger partial charge in [-0.3, -0.25) is 4.99 Å². The van der Waals surface area contributed by atoms with Crippen LogP contribution in [0, 0.1) is 5.92 Å². The van der Waals surface area contributed by atoms with Crippen LogP contribution in [0.3, 0.4) is 0 Å². The molecule has 2 unspecified atom stereocenters. The lowest BCUT2D eigenvalue weighted by Gasteiger charge is -2.34. The van der Waals surface area contributed by atoms with E-state index in [-0.39, 0.29) is 6.10 Å². The Bertz CT molecular complexity index is 560. The number of hydrogen-bond donors (Lipinski definition) is 3. The van der Waals surface area contributed by atoms with Gasteiger partial charge in [0, 0.05) is 45.1 Å². The van der Waals surface area contributed by atoms with Gasteiger partial charge in [0.15, 0.2) is 5.96 Å². The standard InChI is InChI=1S/C19H32N6O/c1-20-18(23-13-17(26)15-7-3-2-4-8-15)24-16-9-5-12-25(14-16)19-21-10-6-11-22-19/h6,10-11,15-17,26H,2-5,7-9,12-14H2,1H3,(H2,20,23,24). The molecule has 0 aromatic carbocycles. The fourth-order valence-corrected chi connectivity index (χ4v) is 4.01. The van der Waals surface area contributed by atoms with Crippen LogP contribution < -0.4 is 15.5 Å². The first kappa shape index (κ1) is 18.9. The SMILES string of the molecule is CN=C(NCC(O)C1CCCCC1)NC1CCCN(c2ncccn2)C1. The Kier molecular flexibility index (Phi) is 7.05. The molecule has 1 aliphatic carbocycles. The lowest BCUT2D eigenvalue weighted by molar-refractivity contribution is 0.0879. The zero-order valence-electron chi connectivity index (χ0n) is 15.8. The molecule has 7 nitrogen and oxygen atoms in total. The molecule has 1 aromatic rings. The summed E-state index contributed by atoms with van der Waals surface area (Å²) in [6.07, 6.45) is 11.5. The van der Waals surface area contributed by atoms with E-state index in [0.29, 0.717) is 18.5 Å². The zero-order chi connectivity index (χ0) is 18.2. The third-order valence-electron chi connectivity index (χ3n) is 5.49. The number of aliphatic hydroxyl groups excluding tert-OH is 1. The maximum Gasteiger partial charge on any atom is 0.225 e. The van der Waals surface area contributed by atoms with E-state index in [1.165, 1.54) is 19.3 Å². The Balaban J connectivity index is 1.46. The van der Waals surface area contributed by atoms with Crippen LogP contribution >= 0.6 is 0 Å². The highest BCUT2D eigenvalue weighted by atomic mass is 16.3. The van der Waals surface area contributed by atoms with Crippen LogP contribution in [0.5, 0.6) is 0 Å². The molecule has 3 rings (SSSR count). The summed E-state index contributed by atoms with van der Waals surface area (Å²) in [6, 6.07) is 2.14. The van der Waals surface area contributed by atoms with Gasteiger partial charge in [0.25, 0.3) is 0 Å². The Hall–Kier alpha value is -1.89. The Morgan fingerprint density at radius 2 is 2.00 bits per heavy atom. The summed E-state index contributed by atoms with van der Waals surface area (Å²) >= 11 is 0. The van der Waals surface area contributed by atoms with E-state index in [1.807, 2.05) is 6.07 Å². The number of hydrogen-bond acceptors (Lipinski definition) is 5. The number of guanidine groups is 1. The van der Waals surface area contributed by atoms with Crippen molar-refractivity contribution < 1.29 is 5.11 Å². The van der Waals surface area contributed by atoms with Crippen molar-refractivity contribution in [3.05, 3.63) is 18.5 Å². The summed E-state index contributed by atoms with van der Waals surface area (Å²) in [5, 5.41) is 17.2. The van der Waals surface area contributed by atoms with Crippen molar-refractivity contribution in [1.82, 2.24) is 20.6 Å². The second-order valence-corrected chi connectivity index (χ2v) is 7.40. The second-order valence-electron chi connectivity index (χ2n) is 7.40. The first-order valence-electron chi connectivity index (χ1n) is 9.93. The van der Waals surface area contributed by atoms with Crippen LogP contribution in [-0.2, 0) is 0 Å². The highest BCUT2D eigenvalue weighted by Gasteiger charge is 2.24. The number of nitrogens with one attached hydrogen (secondary N) is 2. The van der Waals surface area contributed by atoms with E-state index >= 15 is 0 Å². The van der Waals surface area contributed by atoms with Crippen molar-refractivity contribution in [3.63, 3.8) is 0 Å².